The van der Waals surface area contributed by atoms with E-state index >= 15 is 0 Å². The van der Waals surface area contributed by atoms with Crippen molar-refractivity contribution in [1.29, 1.82) is 0 Å². The third-order valence-electron chi connectivity index (χ3n) is 6.34. The van der Waals surface area contributed by atoms with E-state index in [0.29, 0.717) is 40.7 Å². The number of carbonyl (C=O) groups excluding carboxylic acids is 2. The maximum atomic E-state index is 13.4. The number of phenols is 1. The zero-order chi connectivity index (χ0) is 25.9. The third-order valence-corrected chi connectivity index (χ3v) is 6.34. The number of allylic oxidation sites excluding steroid dienone is 1. The lowest BCUT2D eigenvalue weighted by Crippen LogP contribution is -2.22. The maximum Gasteiger partial charge on any atom is 0.339 e. The van der Waals surface area contributed by atoms with Crippen molar-refractivity contribution in [1.82, 2.24) is 4.98 Å². The Morgan fingerprint density at radius 3 is 2.62 bits per heavy atom. The highest BCUT2D eigenvalue weighted by Gasteiger charge is 2.28. The number of amides is 1. The molecule has 186 valence electrons. The summed E-state index contributed by atoms with van der Waals surface area (Å²) in [5.74, 6) is -0.295. The Labute approximate surface area is 214 Å². The minimum absolute atomic E-state index is 0.202. The van der Waals surface area contributed by atoms with Crippen LogP contribution in [0.1, 0.15) is 39.2 Å². The van der Waals surface area contributed by atoms with Crippen molar-refractivity contribution in [2.45, 2.75) is 19.8 Å². The number of nitrogens with one attached hydrogen (secondary N) is 1. The van der Waals surface area contributed by atoms with Gasteiger partial charge < -0.3 is 19.9 Å². The highest BCUT2D eigenvalue weighted by molar-refractivity contribution is 6.08. The van der Waals surface area contributed by atoms with Gasteiger partial charge in [0.05, 0.1) is 29.6 Å². The average molecular weight is 495 g/mol. The largest absolute Gasteiger partial charge is 0.508 e. The number of fused-ring (bicyclic) bond motifs is 2. The van der Waals surface area contributed by atoms with Crippen molar-refractivity contribution in [2.24, 2.45) is 0 Å². The minimum atomic E-state index is -0.563. The Bertz CT molecular complexity index is 1540. The molecular formula is C30H26N2O5. The van der Waals surface area contributed by atoms with Crippen LogP contribution < -0.4 is 10.1 Å². The van der Waals surface area contributed by atoms with Crippen LogP contribution in [0, 0.1) is 6.92 Å². The number of ether oxygens (including phenoxy) is 2. The van der Waals surface area contributed by atoms with Crippen LogP contribution in [-0.4, -0.2) is 35.7 Å². The molecule has 0 bridgehead atoms. The van der Waals surface area contributed by atoms with E-state index in [1.54, 1.807) is 24.3 Å². The Balaban J connectivity index is 1.42. The first-order valence-corrected chi connectivity index (χ1v) is 12.0. The molecule has 7 heteroatoms. The number of rotatable bonds is 6. The first kappa shape index (κ1) is 24.1. The Kier molecular flexibility index (Phi) is 6.60. The van der Waals surface area contributed by atoms with Gasteiger partial charge in [0.15, 0.2) is 6.61 Å². The van der Waals surface area contributed by atoms with Crippen LogP contribution in [0.4, 0.5) is 5.69 Å². The number of aryl methyl sites for hydroxylation is 1. The molecule has 0 radical (unpaired) electrons. The van der Waals surface area contributed by atoms with E-state index in [1.807, 2.05) is 55.5 Å². The molecule has 0 fully saturated rings. The Morgan fingerprint density at radius 1 is 1.05 bits per heavy atom. The number of hydrogen-bond acceptors (Lipinski definition) is 6. The molecule has 2 N–H and O–H groups in total. The second-order valence-electron chi connectivity index (χ2n) is 8.92. The summed E-state index contributed by atoms with van der Waals surface area (Å²) in [5, 5.41) is 13.0. The molecule has 4 aromatic rings. The van der Waals surface area contributed by atoms with Crippen LogP contribution in [0.25, 0.3) is 22.6 Å². The number of esters is 1. The normalized spacial score (nSPS) is 13.4. The van der Waals surface area contributed by atoms with E-state index in [9.17, 15) is 14.7 Å². The van der Waals surface area contributed by atoms with Crippen LogP contribution >= 0.6 is 0 Å². The molecule has 1 heterocycles. The second-order valence-corrected chi connectivity index (χ2v) is 8.92. The van der Waals surface area contributed by atoms with Gasteiger partial charge in [-0.05, 0) is 78.4 Å². The zero-order valence-corrected chi connectivity index (χ0v) is 20.6. The van der Waals surface area contributed by atoms with Crippen LogP contribution in [0.5, 0.6) is 11.5 Å². The fraction of sp³-hybridized carbons (Fsp3) is 0.167. The number of pyridine rings is 1. The smallest absolute Gasteiger partial charge is 0.339 e. The van der Waals surface area contributed by atoms with Crippen LogP contribution in [0.2, 0.25) is 0 Å². The summed E-state index contributed by atoms with van der Waals surface area (Å²) in [4.78, 5) is 30.8. The van der Waals surface area contributed by atoms with E-state index in [1.165, 1.54) is 7.11 Å². The predicted octanol–water partition coefficient (Wildman–Crippen LogP) is 5.54. The van der Waals surface area contributed by atoms with Gasteiger partial charge in [-0.1, -0.05) is 36.4 Å². The number of para-hydroxylation sites is 1. The van der Waals surface area contributed by atoms with Gasteiger partial charge in [0, 0.05) is 5.39 Å². The van der Waals surface area contributed by atoms with Gasteiger partial charge in [0.2, 0.25) is 0 Å². The lowest BCUT2D eigenvalue weighted by molar-refractivity contribution is -0.119. The quantitative estimate of drug-likeness (QED) is 0.342. The molecule has 1 aliphatic carbocycles. The summed E-state index contributed by atoms with van der Waals surface area (Å²) in [6.07, 6.45) is 3.37. The SMILES string of the molecule is COc1ccc(C)cc1NC(=O)COC(=O)c1c2c(nc3ccccc13)/C(=C/c1ccc(O)cc1)CC2. The fourth-order valence-corrected chi connectivity index (χ4v) is 4.59. The number of anilines is 1. The number of aromatic hydroxyl groups is 1. The molecule has 1 amide bonds. The van der Waals surface area contributed by atoms with Crippen LogP contribution in [-0.2, 0) is 16.0 Å². The number of nitrogens with zero attached hydrogens (tertiary/aromatic N) is 1. The summed E-state index contributed by atoms with van der Waals surface area (Å²) in [7, 11) is 1.53. The topological polar surface area (TPSA) is 97.8 Å². The number of methoxy groups -OCH3 is 1. The summed E-state index contributed by atoms with van der Waals surface area (Å²) in [6, 6.07) is 19.8. The molecule has 0 unspecified atom stereocenters. The first-order valence-electron chi connectivity index (χ1n) is 12.0. The fourth-order valence-electron chi connectivity index (χ4n) is 4.59. The molecule has 0 aliphatic heterocycles. The van der Waals surface area contributed by atoms with Crippen molar-refractivity contribution < 1.29 is 24.2 Å². The lowest BCUT2D eigenvalue weighted by Gasteiger charge is -2.13. The molecule has 0 spiro atoms. The van der Waals surface area contributed by atoms with Crippen molar-refractivity contribution in [3.8, 4) is 11.5 Å². The summed E-state index contributed by atoms with van der Waals surface area (Å²) >= 11 is 0. The molecule has 7 nitrogen and oxygen atoms in total. The summed E-state index contributed by atoms with van der Waals surface area (Å²) in [6.45, 7) is 1.48. The zero-order valence-electron chi connectivity index (χ0n) is 20.6. The van der Waals surface area contributed by atoms with Gasteiger partial charge in [0.25, 0.3) is 5.91 Å². The molecule has 0 saturated carbocycles. The van der Waals surface area contributed by atoms with Gasteiger partial charge in [-0.15, -0.1) is 0 Å². The molecule has 1 aromatic heterocycles. The predicted molar refractivity (Wildman–Crippen MR) is 143 cm³/mol. The Morgan fingerprint density at radius 2 is 1.84 bits per heavy atom. The van der Waals surface area contributed by atoms with Crippen molar-refractivity contribution in [3.05, 3.63) is 94.7 Å². The van der Waals surface area contributed by atoms with E-state index in [0.717, 1.165) is 28.0 Å². The standard InChI is InChI=1S/C30H26N2O5/c1-18-7-14-26(36-2)25(15-18)31-27(34)17-37-30(35)28-22-5-3-4-6-24(22)32-29-20(10-13-23(28)29)16-19-8-11-21(33)12-9-19/h3-9,11-12,14-16,33H,10,13,17H2,1-2H3,(H,31,34)/b20-16+. The van der Waals surface area contributed by atoms with Crippen LogP contribution in [0.3, 0.4) is 0 Å². The van der Waals surface area contributed by atoms with Crippen LogP contribution in [0.15, 0.2) is 66.7 Å². The minimum Gasteiger partial charge on any atom is -0.508 e. The third kappa shape index (κ3) is 5.02. The molecule has 5 rings (SSSR count). The van der Waals surface area contributed by atoms with E-state index in [-0.39, 0.29) is 5.75 Å². The van der Waals surface area contributed by atoms with Gasteiger partial charge in [-0.3, -0.25) is 4.79 Å². The molecular weight excluding hydrogens is 468 g/mol. The second kappa shape index (κ2) is 10.1. The Hall–Kier alpha value is -4.65. The van der Waals surface area contributed by atoms with Crippen molar-refractivity contribution in [3.63, 3.8) is 0 Å². The van der Waals surface area contributed by atoms with E-state index < -0.39 is 18.5 Å². The van der Waals surface area contributed by atoms with Gasteiger partial charge in [0.1, 0.15) is 11.5 Å². The van der Waals surface area contributed by atoms with Gasteiger partial charge in [-0.25, -0.2) is 9.78 Å². The first-order chi connectivity index (χ1) is 17.9. The summed E-state index contributed by atoms with van der Waals surface area (Å²) in [5.41, 5.74) is 6.11. The van der Waals surface area contributed by atoms with Gasteiger partial charge in [-0.2, -0.15) is 0 Å². The van der Waals surface area contributed by atoms with Crippen molar-refractivity contribution >= 4 is 40.1 Å². The number of hydrogen-bond donors (Lipinski definition) is 2. The average Bonchev–Trinajstić information content (AvgIpc) is 3.29. The molecule has 0 atom stereocenters. The number of aromatic nitrogens is 1. The van der Waals surface area contributed by atoms with E-state index in [2.05, 4.69) is 5.32 Å². The summed E-state index contributed by atoms with van der Waals surface area (Å²) < 4.78 is 10.8. The number of benzene rings is 3. The van der Waals surface area contributed by atoms with E-state index in [4.69, 9.17) is 14.5 Å². The number of phenolic OH excluding ortho intramolecular Hbond substituents is 1. The highest BCUT2D eigenvalue weighted by Crippen LogP contribution is 2.38. The molecule has 37 heavy (non-hydrogen) atoms. The van der Waals surface area contributed by atoms with Crippen molar-refractivity contribution in [2.75, 3.05) is 19.0 Å². The highest BCUT2D eigenvalue weighted by atomic mass is 16.5. The monoisotopic (exact) mass is 494 g/mol. The maximum absolute atomic E-state index is 13.4. The van der Waals surface area contributed by atoms with Gasteiger partial charge >= 0.3 is 5.97 Å². The molecule has 0 saturated heterocycles. The molecule has 3 aromatic carbocycles. The molecule has 1 aliphatic rings. The lowest BCUT2D eigenvalue weighted by atomic mass is 10.0. The number of carbonyl (C=O) groups is 2.